The van der Waals surface area contributed by atoms with Gasteiger partial charge in [-0.3, -0.25) is 0 Å². The quantitative estimate of drug-likeness (QED) is 0.870. The standard InChI is InChI=1S/C12H22N2O2S2/c1-9-8-12(11(3)17-9)10(2)13-6-7-14(4)18(5,15)16/h8,10,13H,6-7H2,1-5H3/t10-/m0/s1. The van der Waals surface area contributed by atoms with Crippen LogP contribution in [-0.2, 0) is 10.0 Å². The van der Waals surface area contributed by atoms with Crippen LogP contribution in [-0.4, -0.2) is 39.1 Å². The monoisotopic (exact) mass is 290 g/mol. The molecule has 0 radical (unpaired) electrons. The van der Waals surface area contributed by atoms with E-state index in [4.69, 9.17) is 0 Å². The van der Waals surface area contributed by atoms with Crippen molar-refractivity contribution in [2.24, 2.45) is 0 Å². The Balaban J connectivity index is 2.48. The fourth-order valence-electron chi connectivity index (χ4n) is 1.79. The summed E-state index contributed by atoms with van der Waals surface area (Å²) in [5.74, 6) is 0. The van der Waals surface area contributed by atoms with Gasteiger partial charge < -0.3 is 5.32 Å². The van der Waals surface area contributed by atoms with Gasteiger partial charge in [-0.25, -0.2) is 12.7 Å². The lowest BCUT2D eigenvalue weighted by Crippen LogP contribution is -2.34. The lowest BCUT2D eigenvalue weighted by atomic mass is 10.1. The van der Waals surface area contributed by atoms with Crippen molar-refractivity contribution in [3.63, 3.8) is 0 Å². The molecule has 1 rings (SSSR count). The summed E-state index contributed by atoms with van der Waals surface area (Å²) in [6.07, 6.45) is 1.23. The minimum Gasteiger partial charge on any atom is -0.309 e. The number of hydrogen-bond donors (Lipinski definition) is 1. The van der Waals surface area contributed by atoms with Crippen molar-refractivity contribution in [2.75, 3.05) is 26.4 Å². The second kappa shape index (κ2) is 6.14. The van der Waals surface area contributed by atoms with Crippen LogP contribution < -0.4 is 5.32 Å². The summed E-state index contributed by atoms with van der Waals surface area (Å²) in [7, 11) is -1.48. The molecule has 6 heteroatoms. The fraction of sp³-hybridized carbons (Fsp3) is 0.667. The van der Waals surface area contributed by atoms with Crippen molar-refractivity contribution in [3.8, 4) is 0 Å². The molecule has 1 aromatic heterocycles. The van der Waals surface area contributed by atoms with Gasteiger partial charge in [0, 0.05) is 35.9 Å². The number of sulfonamides is 1. The van der Waals surface area contributed by atoms with Crippen LogP contribution in [0.3, 0.4) is 0 Å². The van der Waals surface area contributed by atoms with Crippen LogP contribution in [0.5, 0.6) is 0 Å². The number of nitrogens with one attached hydrogen (secondary N) is 1. The van der Waals surface area contributed by atoms with E-state index in [2.05, 4.69) is 32.2 Å². The zero-order valence-electron chi connectivity index (χ0n) is 11.6. The van der Waals surface area contributed by atoms with Crippen LogP contribution in [0.15, 0.2) is 6.07 Å². The Morgan fingerprint density at radius 3 is 2.50 bits per heavy atom. The van der Waals surface area contributed by atoms with Crippen molar-refractivity contribution >= 4 is 21.4 Å². The van der Waals surface area contributed by atoms with Gasteiger partial charge in [-0.1, -0.05) is 0 Å². The first kappa shape index (κ1) is 15.6. The zero-order chi connectivity index (χ0) is 13.9. The van der Waals surface area contributed by atoms with Gasteiger partial charge in [0.2, 0.25) is 10.0 Å². The molecule has 1 atom stereocenters. The Kier molecular flexibility index (Phi) is 5.33. The van der Waals surface area contributed by atoms with Crippen LogP contribution in [0.2, 0.25) is 0 Å². The number of aryl methyl sites for hydroxylation is 2. The van der Waals surface area contributed by atoms with Gasteiger partial charge in [-0.15, -0.1) is 11.3 Å². The lowest BCUT2D eigenvalue weighted by molar-refractivity contribution is 0.448. The highest BCUT2D eigenvalue weighted by Gasteiger charge is 2.13. The van der Waals surface area contributed by atoms with E-state index in [1.165, 1.54) is 25.9 Å². The van der Waals surface area contributed by atoms with Crippen LogP contribution in [0.1, 0.15) is 28.3 Å². The van der Waals surface area contributed by atoms with Crippen molar-refractivity contribution in [1.82, 2.24) is 9.62 Å². The molecule has 18 heavy (non-hydrogen) atoms. The molecule has 0 aromatic carbocycles. The maximum absolute atomic E-state index is 11.2. The van der Waals surface area contributed by atoms with Crippen molar-refractivity contribution in [2.45, 2.75) is 26.8 Å². The Bertz CT molecular complexity index is 494. The second-order valence-electron chi connectivity index (χ2n) is 4.63. The molecule has 0 amide bonds. The van der Waals surface area contributed by atoms with E-state index in [-0.39, 0.29) is 6.04 Å². The predicted molar refractivity (Wildman–Crippen MR) is 77.7 cm³/mol. The summed E-state index contributed by atoms with van der Waals surface area (Å²) in [4.78, 5) is 2.63. The minimum atomic E-state index is -3.07. The smallest absolute Gasteiger partial charge is 0.210 e. The minimum absolute atomic E-state index is 0.253. The van der Waals surface area contributed by atoms with Gasteiger partial charge in [0.15, 0.2) is 0 Å². The molecular weight excluding hydrogens is 268 g/mol. The number of hydrogen-bond acceptors (Lipinski definition) is 4. The first-order valence-corrected chi connectivity index (χ1v) is 8.60. The highest BCUT2D eigenvalue weighted by atomic mass is 32.2. The molecule has 104 valence electrons. The van der Waals surface area contributed by atoms with E-state index in [0.29, 0.717) is 13.1 Å². The molecule has 0 aliphatic carbocycles. The van der Waals surface area contributed by atoms with Gasteiger partial charge in [-0.2, -0.15) is 0 Å². The number of rotatable bonds is 6. The molecule has 0 bridgehead atoms. The van der Waals surface area contributed by atoms with E-state index in [9.17, 15) is 8.42 Å². The molecular formula is C12H22N2O2S2. The molecule has 0 saturated heterocycles. The molecule has 0 aliphatic heterocycles. The molecule has 0 unspecified atom stereocenters. The van der Waals surface area contributed by atoms with E-state index >= 15 is 0 Å². The van der Waals surface area contributed by atoms with E-state index in [1.807, 2.05) is 0 Å². The fourth-order valence-corrected chi connectivity index (χ4v) is 3.24. The normalized spacial score (nSPS) is 14.1. The summed E-state index contributed by atoms with van der Waals surface area (Å²) < 4.78 is 23.8. The SMILES string of the molecule is Cc1cc([C@H](C)NCCN(C)S(C)(=O)=O)c(C)s1. The van der Waals surface area contributed by atoms with Crippen LogP contribution in [0, 0.1) is 13.8 Å². The summed E-state index contributed by atoms with van der Waals surface area (Å²) in [6, 6.07) is 2.45. The van der Waals surface area contributed by atoms with Gasteiger partial charge in [0.1, 0.15) is 0 Å². The summed E-state index contributed by atoms with van der Waals surface area (Å²) in [5.41, 5.74) is 1.31. The Morgan fingerprint density at radius 2 is 2.06 bits per heavy atom. The number of thiophene rings is 1. The summed E-state index contributed by atoms with van der Waals surface area (Å²) in [6.45, 7) is 7.47. The maximum atomic E-state index is 11.2. The third kappa shape index (κ3) is 4.35. The van der Waals surface area contributed by atoms with Gasteiger partial charge in [0.25, 0.3) is 0 Å². The molecule has 1 N–H and O–H groups in total. The van der Waals surface area contributed by atoms with Crippen molar-refractivity contribution in [3.05, 3.63) is 21.4 Å². The zero-order valence-corrected chi connectivity index (χ0v) is 13.3. The summed E-state index contributed by atoms with van der Waals surface area (Å²) in [5, 5.41) is 3.36. The van der Waals surface area contributed by atoms with Gasteiger partial charge in [-0.05, 0) is 32.4 Å². The lowest BCUT2D eigenvalue weighted by Gasteiger charge is -2.17. The molecule has 1 aromatic rings. The molecule has 0 saturated carbocycles. The predicted octanol–water partition coefficient (Wildman–Crippen LogP) is 1.91. The van der Waals surface area contributed by atoms with Crippen molar-refractivity contribution in [1.29, 1.82) is 0 Å². The Morgan fingerprint density at radius 1 is 1.44 bits per heavy atom. The molecule has 0 fully saturated rings. The van der Waals surface area contributed by atoms with Crippen LogP contribution in [0.4, 0.5) is 0 Å². The first-order valence-electron chi connectivity index (χ1n) is 5.93. The average molecular weight is 290 g/mol. The van der Waals surface area contributed by atoms with E-state index < -0.39 is 10.0 Å². The summed E-state index contributed by atoms with van der Waals surface area (Å²) >= 11 is 1.80. The Labute approximate surface area is 114 Å². The molecule has 0 aliphatic rings. The van der Waals surface area contributed by atoms with Gasteiger partial charge in [0.05, 0.1) is 6.26 Å². The van der Waals surface area contributed by atoms with E-state index in [0.717, 1.165) is 0 Å². The third-order valence-corrected chi connectivity index (χ3v) is 5.29. The van der Waals surface area contributed by atoms with Gasteiger partial charge >= 0.3 is 0 Å². The topological polar surface area (TPSA) is 49.4 Å². The molecule has 1 heterocycles. The third-order valence-electron chi connectivity index (χ3n) is 2.99. The number of likely N-dealkylation sites (N-methyl/N-ethyl adjacent to an activating group) is 1. The maximum Gasteiger partial charge on any atom is 0.210 e. The molecule has 0 spiro atoms. The van der Waals surface area contributed by atoms with Crippen LogP contribution >= 0.6 is 11.3 Å². The number of nitrogens with zero attached hydrogens (tertiary/aromatic N) is 1. The largest absolute Gasteiger partial charge is 0.309 e. The highest BCUT2D eigenvalue weighted by Crippen LogP contribution is 2.25. The highest BCUT2D eigenvalue weighted by molar-refractivity contribution is 7.88. The van der Waals surface area contributed by atoms with E-state index in [1.54, 1.807) is 18.4 Å². The molecule has 4 nitrogen and oxygen atoms in total. The van der Waals surface area contributed by atoms with Crippen molar-refractivity contribution < 1.29 is 8.42 Å². The average Bonchev–Trinajstić information content (AvgIpc) is 2.56. The Hall–Kier alpha value is -0.430. The first-order chi connectivity index (χ1) is 8.21. The second-order valence-corrected chi connectivity index (χ2v) is 8.18. The van der Waals surface area contributed by atoms with Crippen LogP contribution in [0.25, 0.3) is 0 Å².